The fourth-order valence-corrected chi connectivity index (χ4v) is 1.20. The van der Waals surface area contributed by atoms with E-state index in [0.29, 0.717) is 5.69 Å². The van der Waals surface area contributed by atoms with Gasteiger partial charge in [-0.2, -0.15) is 18.3 Å². The van der Waals surface area contributed by atoms with Crippen LogP contribution in [0.3, 0.4) is 0 Å². The molecule has 14 heavy (non-hydrogen) atoms. The maximum absolute atomic E-state index is 12.4. The summed E-state index contributed by atoms with van der Waals surface area (Å²) in [6.45, 7) is 1.51. The minimum absolute atomic E-state index is 0.0749. The molecule has 0 unspecified atom stereocenters. The van der Waals surface area contributed by atoms with Crippen molar-refractivity contribution in [3.05, 3.63) is 17.0 Å². The molecule has 0 aliphatic rings. The third kappa shape index (κ3) is 1.89. The summed E-state index contributed by atoms with van der Waals surface area (Å²) in [7, 11) is 2.83. The van der Waals surface area contributed by atoms with Crippen LogP contribution in [0.4, 0.5) is 13.2 Å². The van der Waals surface area contributed by atoms with Crippen molar-refractivity contribution in [2.75, 3.05) is 7.11 Å². The van der Waals surface area contributed by atoms with E-state index in [1.165, 1.54) is 18.8 Å². The van der Waals surface area contributed by atoms with E-state index in [1.54, 1.807) is 6.92 Å². The zero-order valence-electron chi connectivity index (χ0n) is 8.14. The standard InChI is InChI=1S/C8H11F3N2O/c1-5-6(4-14-3)7(8(9,10)11)12-13(5)2/h4H2,1-3H3. The molecule has 0 N–H and O–H groups in total. The number of aromatic nitrogens is 2. The third-order valence-corrected chi connectivity index (χ3v) is 2.02. The average Bonchev–Trinajstić information content (AvgIpc) is 2.32. The first-order valence-electron chi connectivity index (χ1n) is 3.96. The summed E-state index contributed by atoms with van der Waals surface area (Å²) in [6.07, 6.45) is -4.42. The van der Waals surface area contributed by atoms with E-state index in [4.69, 9.17) is 4.74 Å². The molecule has 1 rings (SSSR count). The van der Waals surface area contributed by atoms with Crippen molar-refractivity contribution in [1.29, 1.82) is 0 Å². The maximum atomic E-state index is 12.4. The quantitative estimate of drug-likeness (QED) is 0.742. The minimum Gasteiger partial charge on any atom is -0.380 e. The highest BCUT2D eigenvalue weighted by molar-refractivity contribution is 5.26. The normalized spacial score (nSPS) is 12.1. The Balaban J connectivity index is 3.22. The van der Waals surface area contributed by atoms with E-state index in [-0.39, 0.29) is 12.2 Å². The first kappa shape index (κ1) is 11.0. The molecule has 0 amide bonds. The van der Waals surface area contributed by atoms with Gasteiger partial charge in [-0.1, -0.05) is 0 Å². The topological polar surface area (TPSA) is 27.1 Å². The van der Waals surface area contributed by atoms with Crippen molar-refractivity contribution in [3.8, 4) is 0 Å². The van der Waals surface area contributed by atoms with Gasteiger partial charge in [-0.15, -0.1) is 0 Å². The minimum atomic E-state index is -4.42. The van der Waals surface area contributed by atoms with Gasteiger partial charge in [0.15, 0.2) is 5.69 Å². The van der Waals surface area contributed by atoms with Gasteiger partial charge in [0, 0.05) is 25.4 Å². The molecule has 3 nitrogen and oxygen atoms in total. The Kier molecular flexibility index (Phi) is 2.84. The number of aryl methyl sites for hydroxylation is 1. The summed E-state index contributed by atoms with van der Waals surface area (Å²) in [5, 5.41) is 3.41. The molecule has 0 spiro atoms. The second-order valence-corrected chi connectivity index (χ2v) is 2.97. The van der Waals surface area contributed by atoms with E-state index in [0.717, 1.165) is 0 Å². The lowest BCUT2D eigenvalue weighted by molar-refractivity contribution is -0.142. The lowest BCUT2D eigenvalue weighted by atomic mass is 10.2. The van der Waals surface area contributed by atoms with Crippen LogP contribution in [0.2, 0.25) is 0 Å². The van der Waals surface area contributed by atoms with E-state index >= 15 is 0 Å². The summed E-state index contributed by atoms with van der Waals surface area (Å²) in [4.78, 5) is 0. The van der Waals surface area contributed by atoms with Crippen LogP contribution in [-0.2, 0) is 24.6 Å². The monoisotopic (exact) mass is 208 g/mol. The Hall–Kier alpha value is -1.04. The fourth-order valence-electron chi connectivity index (χ4n) is 1.20. The van der Waals surface area contributed by atoms with E-state index in [2.05, 4.69) is 5.10 Å². The Bertz CT molecular complexity index is 330. The van der Waals surface area contributed by atoms with Crippen LogP contribution in [-0.4, -0.2) is 16.9 Å². The number of rotatable bonds is 2. The van der Waals surface area contributed by atoms with Gasteiger partial charge in [0.25, 0.3) is 0 Å². The molecule has 0 aromatic carbocycles. The van der Waals surface area contributed by atoms with Crippen molar-refractivity contribution >= 4 is 0 Å². The lowest BCUT2D eigenvalue weighted by Crippen LogP contribution is -2.10. The molecule has 1 aromatic rings. The van der Waals surface area contributed by atoms with Gasteiger partial charge < -0.3 is 4.74 Å². The lowest BCUT2D eigenvalue weighted by Gasteiger charge is -2.05. The summed E-state index contributed by atoms with van der Waals surface area (Å²) >= 11 is 0. The predicted octanol–water partition coefficient (Wildman–Crippen LogP) is 1.89. The molecule has 6 heteroatoms. The average molecular weight is 208 g/mol. The summed E-state index contributed by atoms with van der Waals surface area (Å²) in [6, 6.07) is 0. The highest BCUT2D eigenvalue weighted by atomic mass is 19.4. The molecule has 0 atom stereocenters. The number of methoxy groups -OCH3 is 1. The maximum Gasteiger partial charge on any atom is 0.435 e. The van der Waals surface area contributed by atoms with Gasteiger partial charge in [0.05, 0.1) is 6.61 Å². The zero-order valence-corrected chi connectivity index (χ0v) is 8.14. The smallest absolute Gasteiger partial charge is 0.380 e. The van der Waals surface area contributed by atoms with Crippen molar-refractivity contribution in [3.63, 3.8) is 0 Å². The molecular formula is C8H11F3N2O. The number of halogens is 3. The first-order valence-corrected chi connectivity index (χ1v) is 3.96. The van der Waals surface area contributed by atoms with Crippen molar-refractivity contribution in [1.82, 2.24) is 9.78 Å². The molecule has 0 saturated heterocycles. The van der Waals surface area contributed by atoms with Crippen molar-refractivity contribution in [2.45, 2.75) is 19.7 Å². The Morgan fingerprint density at radius 2 is 2.00 bits per heavy atom. The van der Waals surface area contributed by atoms with Crippen LogP contribution < -0.4 is 0 Å². The van der Waals surface area contributed by atoms with Crippen molar-refractivity contribution in [2.24, 2.45) is 7.05 Å². The number of alkyl halides is 3. The number of hydrogen-bond acceptors (Lipinski definition) is 2. The summed E-state index contributed by atoms with van der Waals surface area (Å²) in [5.74, 6) is 0. The van der Waals surface area contributed by atoms with Gasteiger partial charge in [-0.3, -0.25) is 4.68 Å². The van der Waals surface area contributed by atoms with Crippen LogP contribution in [0.15, 0.2) is 0 Å². The Labute approximate surface area is 79.5 Å². The Morgan fingerprint density at radius 3 is 2.43 bits per heavy atom. The van der Waals surface area contributed by atoms with Gasteiger partial charge in [-0.05, 0) is 6.92 Å². The molecule has 0 aliphatic heterocycles. The summed E-state index contributed by atoms with van der Waals surface area (Å²) < 4.78 is 43.2. The fraction of sp³-hybridized carbons (Fsp3) is 0.625. The van der Waals surface area contributed by atoms with E-state index < -0.39 is 11.9 Å². The third-order valence-electron chi connectivity index (χ3n) is 2.02. The first-order chi connectivity index (χ1) is 6.38. The van der Waals surface area contributed by atoms with E-state index in [1.807, 2.05) is 0 Å². The highest BCUT2D eigenvalue weighted by Gasteiger charge is 2.37. The van der Waals surface area contributed by atoms with Crippen LogP contribution in [0, 0.1) is 6.92 Å². The number of ether oxygens (including phenoxy) is 1. The molecule has 0 bridgehead atoms. The molecule has 0 radical (unpaired) electrons. The van der Waals surface area contributed by atoms with Crippen LogP contribution in [0.1, 0.15) is 17.0 Å². The van der Waals surface area contributed by atoms with E-state index in [9.17, 15) is 13.2 Å². The molecule has 0 fully saturated rings. The number of hydrogen-bond donors (Lipinski definition) is 0. The van der Waals surface area contributed by atoms with Gasteiger partial charge in [0.1, 0.15) is 0 Å². The molecule has 0 aliphatic carbocycles. The van der Waals surface area contributed by atoms with Crippen LogP contribution >= 0.6 is 0 Å². The molecular weight excluding hydrogens is 197 g/mol. The highest BCUT2D eigenvalue weighted by Crippen LogP contribution is 2.32. The molecule has 1 aromatic heterocycles. The SMILES string of the molecule is COCc1c(C(F)(F)F)nn(C)c1C. The van der Waals surface area contributed by atoms with Crippen LogP contribution in [0.5, 0.6) is 0 Å². The molecule has 0 saturated carbocycles. The van der Waals surface area contributed by atoms with Gasteiger partial charge in [0.2, 0.25) is 0 Å². The second kappa shape index (κ2) is 3.61. The van der Waals surface area contributed by atoms with Gasteiger partial charge in [-0.25, -0.2) is 0 Å². The molecule has 1 heterocycles. The van der Waals surface area contributed by atoms with Gasteiger partial charge >= 0.3 is 6.18 Å². The van der Waals surface area contributed by atoms with Crippen LogP contribution in [0.25, 0.3) is 0 Å². The molecule has 80 valence electrons. The Morgan fingerprint density at radius 1 is 1.43 bits per heavy atom. The zero-order chi connectivity index (χ0) is 10.9. The largest absolute Gasteiger partial charge is 0.435 e. The second-order valence-electron chi connectivity index (χ2n) is 2.97. The predicted molar refractivity (Wildman–Crippen MR) is 43.7 cm³/mol. The summed E-state index contributed by atoms with van der Waals surface area (Å²) in [5.41, 5.74) is -0.291. The van der Waals surface area contributed by atoms with Crippen molar-refractivity contribution < 1.29 is 17.9 Å². The number of nitrogens with zero attached hydrogens (tertiary/aromatic N) is 2.